The number of para-hydroxylation sites is 2. The summed E-state index contributed by atoms with van der Waals surface area (Å²) >= 11 is 1.33. The van der Waals surface area contributed by atoms with Crippen molar-refractivity contribution in [3.63, 3.8) is 0 Å². The Labute approximate surface area is 170 Å². The smallest absolute Gasteiger partial charge is 0.261 e. The summed E-state index contributed by atoms with van der Waals surface area (Å²) in [6.45, 7) is 2.69. The molecular formula is C22H18N2O4S. The zero-order valence-electron chi connectivity index (χ0n) is 15.7. The number of carbonyl (C=O) groups excluding carboxylic acids is 1. The third-order valence-corrected chi connectivity index (χ3v) is 6.09. The van der Waals surface area contributed by atoms with Crippen LogP contribution in [-0.4, -0.2) is 30.1 Å². The fraction of sp³-hybridized carbons (Fsp3) is 0.182. The number of aromatic nitrogens is 1. The standard InChI is InChI=1S/C22H18N2O4S/c1-12-6-7-16-14(8-12)20-15(21(25)24-16)9-19(29-20)22(26)23-10-13-11-27-17-4-2-3-5-18(17)28-13/h2-9,13H,10-11H2,1H3,(H,23,26)(H,24,25)/t13-/m0/s1. The minimum absolute atomic E-state index is 0.188. The molecule has 3 heterocycles. The molecule has 0 saturated heterocycles. The third-order valence-electron chi connectivity index (χ3n) is 4.93. The minimum Gasteiger partial charge on any atom is -0.486 e. The quantitative estimate of drug-likeness (QED) is 0.545. The number of rotatable bonds is 3. The number of carbonyl (C=O) groups is 1. The van der Waals surface area contributed by atoms with Crippen LogP contribution in [0.3, 0.4) is 0 Å². The molecule has 1 aliphatic rings. The highest BCUT2D eigenvalue weighted by Crippen LogP contribution is 2.31. The van der Waals surface area contributed by atoms with Crippen molar-refractivity contribution in [2.45, 2.75) is 13.0 Å². The Hall–Kier alpha value is -3.32. The van der Waals surface area contributed by atoms with E-state index in [1.54, 1.807) is 6.07 Å². The molecule has 0 saturated carbocycles. The molecule has 0 unspecified atom stereocenters. The molecular weight excluding hydrogens is 388 g/mol. The summed E-state index contributed by atoms with van der Waals surface area (Å²) in [5, 5.41) is 4.37. The maximum Gasteiger partial charge on any atom is 0.261 e. The molecule has 0 bridgehead atoms. The number of nitrogens with one attached hydrogen (secondary N) is 2. The number of hydrogen-bond donors (Lipinski definition) is 2. The van der Waals surface area contributed by atoms with Gasteiger partial charge < -0.3 is 19.8 Å². The van der Waals surface area contributed by atoms with Crippen LogP contribution in [0.2, 0.25) is 0 Å². The number of fused-ring (bicyclic) bond motifs is 4. The summed E-state index contributed by atoms with van der Waals surface area (Å²) in [7, 11) is 0. The van der Waals surface area contributed by atoms with Gasteiger partial charge in [0.2, 0.25) is 0 Å². The van der Waals surface area contributed by atoms with Gasteiger partial charge >= 0.3 is 0 Å². The van der Waals surface area contributed by atoms with Gasteiger partial charge in [-0.3, -0.25) is 9.59 Å². The first-order valence-corrected chi connectivity index (χ1v) is 10.1. The van der Waals surface area contributed by atoms with Crippen molar-refractivity contribution >= 4 is 38.2 Å². The fourth-order valence-electron chi connectivity index (χ4n) is 3.47. The Bertz CT molecular complexity index is 1310. The molecule has 29 heavy (non-hydrogen) atoms. The molecule has 2 N–H and O–H groups in total. The van der Waals surface area contributed by atoms with Crippen molar-refractivity contribution < 1.29 is 14.3 Å². The van der Waals surface area contributed by atoms with Gasteiger partial charge in [-0.2, -0.15) is 0 Å². The van der Waals surface area contributed by atoms with Gasteiger partial charge in [0.25, 0.3) is 11.5 Å². The Morgan fingerprint density at radius 2 is 2.00 bits per heavy atom. The number of hydrogen-bond acceptors (Lipinski definition) is 5. The number of ether oxygens (including phenoxy) is 2. The SMILES string of the molecule is Cc1ccc2[nH]c(=O)c3cc(C(=O)NC[C@H]4COc5ccccc5O4)sc3c2c1. The predicted octanol–water partition coefficient (Wildman–Crippen LogP) is 3.62. The van der Waals surface area contributed by atoms with Crippen LogP contribution in [0.4, 0.5) is 0 Å². The summed E-state index contributed by atoms with van der Waals surface area (Å²) in [5.74, 6) is 1.16. The van der Waals surface area contributed by atoms with Crippen molar-refractivity contribution in [2.24, 2.45) is 0 Å². The summed E-state index contributed by atoms with van der Waals surface area (Å²) in [6, 6.07) is 15.0. The molecule has 2 aromatic carbocycles. The monoisotopic (exact) mass is 406 g/mol. The largest absolute Gasteiger partial charge is 0.486 e. The second-order valence-electron chi connectivity index (χ2n) is 7.06. The molecule has 0 fully saturated rings. The van der Waals surface area contributed by atoms with Gasteiger partial charge in [0, 0.05) is 15.6 Å². The number of aryl methyl sites for hydroxylation is 1. The lowest BCUT2D eigenvalue weighted by atomic mass is 10.1. The van der Waals surface area contributed by atoms with E-state index < -0.39 is 0 Å². The second kappa shape index (κ2) is 6.93. The number of aromatic amines is 1. The summed E-state index contributed by atoms with van der Waals surface area (Å²) in [4.78, 5) is 28.5. The van der Waals surface area contributed by atoms with Crippen LogP contribution in [0.25, 0.3) is 21.0 Å². The number of benzene rings is 2. The van der Waals surface area contributed by atoms with Crippen LogP contribution in [0, 0.1) is 6.92 Å². The molecule has 0 aliphatic carbocycles. The topological polar surface area (TPSA) is 80.4 Å². The summed E-state index contributed by atoms with van der Waals surface area (Å²) in [5.41, 5.74) is 1.68. The average molecular weight is 406 g/mol. The lowest BCUT2D eigenvalue weighted by Crippen LogP contribution is -2.40. The molecule has 2 aromatic heterocycles. The zero-order valence-corrected chi connectivity index (χ0v) is 16.5. The first-order chi connectivity index (χ1) is 14.1. The van der Waals surface area contributed by atoms with E-state index >= 15 is 0 Å². The van der Waals surface area contributed by atoms with E-state index in [0.29, 0.717) is 34.9 Å². The fourth-order valence-corrected chi connectivity index (χ4v) is 4.58. The molecule has 5 rings (SSSR count). The van der Waals surface area contributed by atoms with Crippen LogP contribution >= 0.6 is 11.3 Å². The van der Waals surface area contributed by atoms with E-state index in [4.69, 9.17) is 9.47 Å². The molecule has 1 atom stereocenters. The molecule has 7 heteroatoms. The summed E-state index contributed by atoms with van der Waals surface area (Å²) < 4.78 is 12.4. The molecule has 4 aromatic rings. The number of amides is 1. The maximum absolute atomic E-state index is 12.7. The van der Waals surface area contributed by atoms with Gasteiger partial charge in [-0.05, 0) is 37.3 Å². The van der Waals surface area contributed by atoms with Gasteiger partial charge in [0.1, 0.15) is 12.7 Å². The first-order valence-electron chi connectivity index (χ1n) is 9.31. The van der Waals surface area contributed by atoms with Crippen LogP contribution in [0.1, 0.15) is 15.2 Å². The van der Waals surface area contributed by atoms with E-state index in [1.807, 2.05) is 49.4 Å². The van der Waals surface area contributed by atoms with Crippen LogP contribution in [-0.2, 0) is 0 Å². The van der Waals surface area contributed by atoms with Gasteiger partial charge in [-0.15, -0.1) is 11.3 Å². The van der Waals surface area contributed by atoms with Gasteiger partial charge in [-0.25, -0.2) is 0 Å². The number of H-pyrrole nitrogens is 1. The van der Waals surface area contributed by atoms with Crippen molar-refractivity contribution in [1.82, 2.24) is 10.3 Å². The third kappa shape index (κ3) is 3.23. The molecule has 0 radical (unpaired) electrons. The van der Waals surface area contributed by atoms with E-state index in [2.05, 4.69) is 10.3 Å². The molecule has 1 aliphatic heterocycles. The lowest BCUT2D eigenvalue weighted by Gasteiger charge is -2.26. The van der Waals surface area contributed by atoms with Crippen molar-refractivity contribution in [3.05, 3.63) is 69.3 Å². The van der Waals surface area contributed by atoms with E-state index in [-0.39, 0.29) is 17.6 Å². The Kier molecular flexibility index (Phi) is 4.24. The first kappa shape index (κ1) is 17.8. The van der Waals surface area contributed by atoms with E-state index in [9.17, 15) is 9.59 Å². The average Bonchev–Trinajstić information content (AvgIpc) is 3.19. The lowest BCUT2D eigenvalue weighted by molar-refractivity contribution is 0.0791. The van der Waals surface area contributed by atoms with Crippen molar-refractivity contribution in [2.75, 3.05) is 13.2 Å². The van der Waals surface area contributed by atoms with Crippen LogP contribution in [0.15, 0.2) is 53.3 Å². The van der Waals surface area contributed by atoms with Crippen molar-refractivity contribution in [3.8, 4) is 11.5 Å². The molecule has 6 nitrogen and oxygen atoms in total. The number of thiophene rings is 1. The molecule has 0 spiro atoms. The Morgan fingerprint density at radius 3 is 2.86 bits per heavy atom. The van der Waals surface area contributed by atoms with E-state index in [0.717, 1.165) is 21.2 Å². The van der Waals surface area contributed by atoms with Gasteiger partial charge in [0.05, 0.1) is 16.8 Å². The highest BCUT2D eigenvalue weighted by Gasteiger charge is 2.22. The maximum atomic E-state index is 12.7. The van der Waals surface area contributed by atoms with Gasteiger partial charge in [-0.1, -0.05) is 23.8 Å². The highest BCUT2D eigenvalue weighted by molar-refractivity contribution is 7.21. The highest BCUT2D eigenvalue weighted by atomic mass is 32.1. The number of pyridine rings is 1. The predicted molar refractivity (Wildman–Crippen MR) is 113 cm³/mol. The van der Waals surface area contributed by atoms with Crippen LogP contribution in [0.5, 0.6) is 11.5 Å². The van der Waals surface area contributed by atoms with Gasteiger partial charge in [0.15, 0.2) is 11.5 Å². The Morgan fingerprint density at radius 1 is 1.17 bits per heavy atom. The second-order valence-corrected chi connectivity index (χ2v) is 8.12. The van der Waals surface area contributed by atoms with Crippen molar-refractivity contribution in [1.29, 1.82) is 0 Å². The molecule has 146 valence electrons. The zero-order chi connectivity index (χ0) is 20.0. The minimum atomic E-state index is -0.268. The van der Waals surface area contributed by atoms with E-state index in [1.165, 1.54) is 11.3 Å². The van der Waals surface area contributed by atoms with Crippen LogP contribution < -0.4 is 20.3 Å². The summed E-state index contributed by atoms with van der Waals surface area (Å²) in [6.07, 6.45) is -0.268. The Balaban J connectivity index is 1.38. The molecule has 1 amide bonds. The normalized spacial score (nSPS) is 15.6.